The van der Waals surface area contributed by atoms with Gasteiger partial charge in [0.1, 0.15) is 11.4 Å². The summed E-state index contributed by atoms with van der Waals surface area (Å²) in [7, 11) is 3.31. The molecule has 5 nitrogen and oxygen atoms in total. The Morgan fingerprint density at radius 3 is 2.83 bits per heavy atom. The van der Waals surface area contributed by atoms with Crippen LogP contribution >= 0.6 is 0 Å². The topological polar surface area (TPSA) is 68.5 Å². The van der Waals surface area contributed by atoms with Gasteiger partial charge < -0.3 is 15.4 Å². The van der Waals surface area contributed by atoms with Crippen LogP contribution in [0.5, 0.6) is 0 Å². The lowest BCUT2D eigenvalue weighted by Gasteiger charge is -2.27. The molecule has 0 bridgehead atoms. The number of carbonyl (C=O) groups is 1. The second kappa shape index (κ2) is 4.84. The lowest BCUT2D eigenvalue weighted by Crippen LogP contribution is -2.32. The van der Waals surface area contributed by atoms with Crippen molar-refractivity contribution in [2.45, 2.75) is 25.8 Å². The molecule has 98 valence electrons. The molecule has 2 N–H and O–H groups in total. The van der Waals surface area contributed by atoms with Gasteiger partial charge in [0.15, 0.2) is 0 Å². The first-order chi connectivity index (χ1) is 8.54. The molecular formula is C13H19N3O2. The molecule has 1 unspecified atom stereocenters. The van der Waals surface area contributed by atoms with Crippen molar-refractivity contribution in [3.05, 3.63) is 17.8 Å². The van der Waals surface area contributed by atoms with Crippen molar-refractivity contribution in [2.75, 3.05) is 24.8 Å². The number of hydrogen-bond acceptors (Lipinski definition) is 5. The second-order valence-corrected chi connectivity index (χ2v) is 4.82. The van der Waals surface area contributed by atoms with Gasteiger partial charge in [0.2, 0.25) is 0 Å². The summed E-state index contributed by atoms with van der Waals surface area (Å²) < 4.78 is 4.78. The molecular weight excluding hydrogens is 230 g/mol. The summed E-state index contributed by atoms with van der Waals surface area (Å²) in [5.41, 5.74) is 6.57. The smallest absolute Gasteiger partial charge is 0.341 e. The van der Waals surface area contributed by atoms with Crippen molar-refractivity contribution in [3.63, 3.8) is 0 Å². The maximum absolute atomic E-state index is 11.8. The first-order valence-electron chi connectivity index (χ1n) is 6.11. The van der Waals surface area contributed by atoms with Gasteiger partial charge in [-0.15, -0.1) is 0 Å². The number of nitrogens with two attached hydrogens (primary N) is 1. The molecule has 1 aliphatic rings. The highest BCUT2D eigenvalue weighted by Gasteiger charge is 2.32. The molecule has 1 saturated carbocycles. The van der Waals surface area contributed by atoms with Crippen LogP contribution in [0.15, 0.2) is 12.3 Å². The first-order valence-corrected chi connectivity index (χ1v) is 6.11. The van der Waals surface area contributed by atoms with Crippen molar-refractivity contribution in [2.24, 2.45) is 5.92 Å². The lowest BCUT2D eigenvalue weighted by atomic mass is 10.1. The third-order valence-electron chi connectivity index (χ3n) is 3.54. The highest BCUT2D eigenvalue weighted by atomic mass is 16.5. The second-order valence-electron chi connectivity index (χ2n) is 4.82. The van der Waals surface area contributed by atoms with Crippen LogP contribution in [0.25, 0.3) is 0 Å². The Morgan fingerprint density at radius 2 is 2.28 bits per heavy atom. The number of anilines is 2. The molecule has 0 aromatic carbocycles. The molecule has 0 saturated heterocycles. The van der Waals surface area contributed by atoms with E-state index in [1.807, 2.05) is 11.9 Å². The molecule has 1 fully saturated rings. The summed E-state index contributed by atoms with van der Waals surface area (Å²) >= 11 is 0. The number of aromatic nitrogens is 1. The fourth-order valence-corrected chi connectivity index (χ4v) is 2.10. The number of nitrogens with zero attached hydrogens (tertiary/aromatic N) is 2. The van der Waals surface area contributed by atoms with Gasteiger partial charge in [0, 0.05) is 13.1 Å². The fourth-order valence-electron chi connectivity index (χ4n) is 2.10. The quantitative estimate of drug-likeness (QED) is 0.822. The number of pyridine rings is 1. The van der Waals surface area contributed by atoms with Crippen LogP contribution in [-0.4, -0.2) is 31.2 Å². The van der Waals surface area contributed by atoms with E-state index in [0.717, 1.165) is 0 Å². The number of nitrogen functional groups attached to an aromatic ring is 1. The molecule has 1 aliphatic carbocycles. The number of ether oxygens (including phenoxy) is 1. The van der Waals surface area contributed by atoms with E-state index in [9.17, 15) is 4.79 Å². The van der Waals surface area contributed by atoms with E-state index in [1.165, 1.54) is 20.0 Å². The number of methoxy groups -OCH3 is 1. The fraction of sp³-hybridized carbons (Fsp3) is 0.538. The van der Waals surface area contributed by atoms with E-state index in [2.05, 4.69) is 11.9 Å². The van der Waals surface area contributed by atoms with Gasteiger partial charge in [-0.2, -0.15) is 0 Å². The minimum atomic E-state index is -0.403. The zero-order chi connectivity index (χ0) is 13.3. The minimum Gasteiger partial charge on any atom is -0.465 e. The number of carbonyl (C=O) groups excluding carboxylic acids is 1. The summed E-state index contributed by atoms with van der Waals surface area (Å²) in [6, 6.07) is 1.98. The maximum Gasteiger partial charge on any atom is 0.341 e. The van der Waals surface area contributed by atoms with Gasteiger partial charge in [-0.1, -0.05) is 0 Å². The molecule has 1 aromatic heterocycles. The van der Waals surface area contributed by atoms with Gasteiger partial charge in [-0.3, -0.25) is 0 Å². The Bertz CT molecular complexity index is 458. The zero-order valence-electron chi connectivity index (χ0n) is 11.0. The molecule has 0 radical (unpaired) electrons. The molecule has 1 aromatic rings. The average molecular weight is 249 g/mol. The van der Waals surface area contributed by atoms with E-state index >= 15 is 0 Å². The molecule has 0 spiro atoms. The van der Waals surface area contributed by atoms with E-state index in [-0.39, 0.29) is 0 Å². The van der Waals surface area contributed by atoms with Crippen molar-refractivity contribution in [1.82, 2.24) is 4.98 Å². The Hall–Kier alpha value is -1.78. The van der Waals surface area contributed by atoms with Crippen LogP contribution in [0.3, 0.4) is 0 Å². The summed E-state index contributed by atoms with van der Waals surface area (Å²) in [5, 5.41) is 0. The normalized spacial score (nSPS) is 16.2. The molecule has 18 heavy (non-hydrogen) atoms. The largest absolute Gasteiger partial charge is 0.465 e. The zero-order valence-corrected chi connectivity index (χ0v) is 11.0. The van der Waals surface area contributed by atoms with Crippen LogP contribution in [0.2, 0.25) is 0 Å². The predicted molar refractivity (Wildman–Crippen MR) is 70.6 cm³/mol. The molecule has 1 heterocycles. The van der Waals surface area contributed by atoms with Gasteiger partial charge in [-0.25, -0.2) is 9.78 Å². The third-order valence-corrected chi connectivity index (χ3v) is 3.54. The van der Waals surface area contributed by atoms with Gasteiger partial charge in [0.25, 0.3) is 0 Å². The van der Waals surface area contributed by atoms with Gasteiger partial charge >= 0.3 is 5.97 Å². The van der Waals surface area contributed by atoms with Crippen LogP contribution in [0, 0.1) is 5.92 Å². The lowest BCUT2D eigenvalue weighted by molar-refractivity contribution is 0.0601. The highest BCUT2D eigenvalue weighted by molar-refractivity contribution is 5.95. The molecule has 1 atom stereocenters. The summed E-state index contributed by atoms with van der Waals surface area (Å²) in [5.74, 6) is 0.926. The van der Waals surface area contributed by atoms with Gasteiger partial charge in [0.05, 0.1) is 19.0 Å². The van der Waals surface area contributed by atoms with Crippen molar-refractivity contribution in [1.29, 1.82) is 0 Å². The number of rotatable bonds is 4. The standard InChI is InChI=1S/C13H19N3O2/c1-8(9-4-5-9)16(2)12-11(13(17)18-3)6-10(14)7-15-12/h6-9H,4-5,14H2,1-3H3. The van der Waals surface area contributed by atoms with Crippen LogP contribution in [0.1, 0.15) is 30.1 Å². The monoisotopic (exact) mass is 249 g/mol. The Morgan fingerprint density at radius 1 is 1.61 bits per heavy atom. The summed E-state index contributed by atoms with van der Waals surface area (Å²) in [6.07, 6.45) is 4.06. The molecule has 0 amide bonds. The van der Waals surface area contributed by atoms with Crippen LogP contribution in [0.4, 0.5) is 11.5 Å². The van der Waals surface area contributed by atoms with Crippen molar-refractivity contribution in [3.8, 4) is 0 Å². The van der Waals surface area contributed by atoms with Crippen LogP contribution < -0.4 is 10.6 Å². The van der Waals surface area contributed by atoms with Crippen LogP contribution in [-0.2, 0) is 4.74 Å². The summed E-state index contributed by atoms with van der Waals surface area (Å²) in [4.78, 5) is 18.1. The number of hydrogen-bond donors (Lipinski definition) is 1. The SMILES string of the molecule is COC(=O)c1cc(N)cnc1N(C)C(C)C1CC1. The number of esters is 1. The Labute approximate surface area is 107 Å². The van der Waals surface area contributed by atoms with E-state index in [4.69, 9.17) is 10.5 Å². The molecule has 5 heteroatoms. The van der Waals surface area contributed by atoms with Crippen molar-refractivity contribution >= 4 is 17.5 Å². The predicted octanol–water partition coefficient (Wildman–Crippen LogP) is 1.69. The minimum absolute atomic E-state index is 0.365. The van der Waals surface area contributed by atoms with E-state index in [1.54, 1.807) is 12.3 Å². The maximum atomic E-state index is 11.8. The van der Waals surface area contributed by atoms with Crippen molar-refractivity contribution < 1.29 is 9.53 Å². The first kappa shape index (κ1) is 12.7. The summed E-state index contributed by atoms with van der Waals surface area (Å²) in [6.45, 7) is 2.15. The van der Waals surface area contributed by atoms with Gasteiger partial charge in [-0.05, 0) is 31.7 Å². The Kier molecular flexibility index (Phi) is 3.41. The molecule has 0 aliphatic heterocycles. The molecule has 2 rings (SSSR count). The Balaban J connectivity index is 2.33. The average Bonchev–Trinajstić information content (AvgIpc) is 3.20. The third kappa shape index (κ3) is 2.39. The highest BCUT2D eigenvalue weighted by Crippen LogP contribution is 2.36. The van der Waals surface area contributed by atoms with E-state index < -0.39 is 5.97 Å². The van der Waals surface area contributed by atoms with E-state index in [0.29, 0.717) is 29.0 Å².